The Labute approximate surface area is 127 Å². The molecule has 0 heterocycles. The number of carboxylic acids is 1. The van der Waals surface area contributed by atoms with Crippen LogP contribution in [0.3, 0.4) is 0 Å². The number of hydrogen-bond acceptors (Lipinski definition) is 3. The monoisotopic (exact) mass is 342 g/mol. The molecule has 0 saturated heterocycles. The van der Waals surface area contributed by atoms with Crippen LogP contribution < -0.4 is 5.32 Å². The number of aryl methyl sites for hydroxylation is 1. The van der Waals surface area contributed by atoms with Gasteiger partial charge in [0.15, 0.2) is 0 Å². The topological polar surface area (TPSA) is 69.6 Å². The Morgan fingerprint density at radius 2 is 2.10 bits per heavy atom. The molecule has 1 aromatic carbocycles. The molecule has 0 aliphatic carbocycles. The van der Waals surface area contributed by atoms with E-state index in [0.717, 1.165) is 15.7 Å². The molecule has 0 aromatic heterocycles. The number of likely N-dealkylation sites (N-methyl/N-ethyl adjacent to an activating group) is 1. The smallest absolute Gasteiger partial charge is 0.303 e. The summed E-state index contributed by atoms with van der Waals surface area (Å²) in [5.41, 5.74) is 1.81. The van der Waals surface area contributed by atoms with Gasteiger partial charge in [0.1, 0.15) is 0 Å². The maximum Gasteiger partial charge on any atom is 0.303 e. The van der Waals surface area contributed by atoms with Gasteiger partial charge in [-0.15, -0.1) is 0 Å². The summed E-state index contributed by atoms with van der Waals surface area (Å²) >= 11 is 3.41. The van der Waals surface area contributed by atoms with Crippen molar-refractivity contribution < 1.29 is 14.7 Å². The summed E-state index contributed by atoms with van der Waals surface area (Å²) < 4.78 is 1.00. The quantitative estimate of drug-likeness (QED) is 0.798. The van der Waals surface area contributed by atoms with E-state index in [1.165, 1.54) is 0 Å². The van der Waals surface area contributed by atoms with Gasteiger partial charge < -0.3 is 10.4 Å². The first kappa shape index (κ1) is 16.7. The molecule has 1 amide bonds. The molecule has 0 atom stereocenters. The van der Waals surface area contributed by atoms with Crippen molar-refractivity contribution in [2.45, 2.75) is 19.8 Å². The van der Waals surface area contributed by atoms with E-state index in [2.05, 4.69) is 21.2 Å². The molecule has 0 saturated carbocycles. The summed E-state index contributed by atoms with van der Waals surface area (Å²) in [6, 6.07) is 5.62. The molecule has 0 bridgehead atoms. The van der Waals surface area contributed by atoms with Crippen LogP contribution >= 0.6 is 15.9 Å². The van der Waals surface area contributed by atoms with Crippen LogP contribution in [-0.2, 0) is 9.59 Å². The zero-order valence-corrected chi connectivity index (χ0v) is 13.2. The maximum atomic E-state index is 11.8. The number of aliphatic carboxylic acids is 1. The molecule has 1 rings (SSSR count). The Balaban J connectivity index is 2.38. The van der Waals surface area contributed by atoms with Gasteiger partial charge in [-0.1, -0.05) is 15.9 Å². The zero-order valence-electron chi connectivity index (χ0n) is 11.6. The lowest BCUT2D eigenvalue weighted by molar-refractivity contribution is -0.137. The lowest BCUT2D eigenvalue weighted by Gasteiger charge is -2.15. The standard InChI is InChI=1S/C14H19BrN2O3/c1-10-8-11(5-6-12(10)15)16-13(18)9-17(2)7-3-4-14(19)20/h5-6,8H,3-4,7,9H2,1-2H3,(H,16,18)(H,19,20). The molecule has 0 unspecified atom stereocenters. The van der Waals surface area contributed by atoms with Gasteiger partial charge in [-0.3, -0.25) is 14.5 Å². The molecule has 20 heavy (non-hydrogen) atoms. The molecule has 5 nitrogen and oxygen atoms in total. The van der Waals surface area contributed by atoms with Gasteiger partial charge in [-0.2, -0.15) is 0 Å². The van der Waals surface area contributed by atoms with Crippen LogP contribution in [0, 0.1) is 6.92 Å². The first-order chi connectivity index (χ1) is 9.38. The number of nitrogens with zero attached hydrogens (tertiary/aromatic N) is 1. The van der Waals surface area contributed by atoms with Crippen LogP contribution in [0.1, 0.15) is 18.4 Å². The molecule has 0 aliphatic heterocycles. The van der Waals surface area contributed by atoms with Crippen molar-refractivity contribution in [3.63, 3.8) is 0 Å². The number of anilines is 1. The van der Waals surface area contributed by atoms with Crippen molar-refractivity contribution >= 4 is 33.5 Å². The largest absolute Gasteiger partial charge is 0.481 e. The van der Waals surface area contributed by atoms with E-state index in [1.807, 2.05) is 30.0 Å². The van der Waals surface area contributed by atoms with Gasteiger partial charge >= 0.3 is 5.97 Å². The molecular weight excluding hydrogens is 324 g/mol. The van der Waals surface area contributed by atoms with E-state index < -0.39 is 5.97 Å². The Morgan fingerprint density at radius 1 is 1.40 bits per heavy atom. The van der Waals surface area contributed by atoms with E-state index in [-0.39, 0.29) is 18.9 Å². The third-order valence-electron chi connectivity index (χ3n) is 2.79. The predicted octanol–water partition coefficient (Wildman–Crippen LogP) is 2.49. The summed E-state index contributed by atoms with van der Waals surface area (Å²) in [6.45, 7) is 2.78. The minimum atomic E-state index is -0.812. The second-order valence-corrected chi connectivity index (χ2v) is 5.60. The number of carboxylic acid groups (broad SMARTS) is 1. The SMILES string of the molecule is Cc1cc(NC(=O)CN(C)CCCC(=O)O)ccc1Br. The van der Waals surface area contributed by atoms with Crippen molar-refractivity contribution in [3.05, 3.63) is 28.2 Å². The molecule has 0 aliphatic rings. The molecule has 6 heteroatoms. The van der Waals surface area contributed by atoms with Crippen LogP contribution in [0.4, 0.5) is 5.69 Å². The van der Waals surface area contributed by atoms with Gasteiger partial charge in [-0.05, 0) is 50.7 Å². The summed E-state index contributed by atoms with van der Waals surface area (Å²) in [5.74, 6) is -0.919. The third kappa shape index (κ3) is 6.16. The molecular formula is C14H19BrN2O3. The molecule has 0 fully saturated rings. The average Bonchev–Trinajstić information content (AvgIpc) is 2.33. The number of benzene rings is 1. The second-order valence-electron chi connectivity index (χ2n) is 4.75. The normalized spacial score (nSPS) is 10.6. The third-order valence-corrected chi connectivity index (χ3v) is 3.68. The van der Waals surface area contributed by atoms with Crippen molar-refractivity contribution in [1.29, 1.82) is 0 Å². The van der Waals surface area contributed by atoms with E-state index >= 15 is 0 Å². The lowest BCUT2D eigenvalue weighted by Crippen LogP contribution is -2.31. The fraction of sp³-hybridized carbons (Fsp3) is 0.429. The van der Waals surface area contributed by atoms with Crippen LogP contribution in [-0.4, -0.2) is 42.0 Å². The Hall–Kier alpha value is -1.40. The first-order valence-corrected chi connectivity index (χ1v) is 7.14. The molecule has 110 valence electrons. The van der Waals surface area contributed by atoms with Crippen LogP contribution in [0.5, 0.6) is 0 Å². The molecule has 1 aromatic rings. The highest BCUT2D eigenvalue weighted by Crippen LogP contribution is 2.19. The first-order valence-electron chi connectivity index (χ1n) is 6.35. The molecule has 2 N–H and O–H groups in total. The fourth-order valence-corrected chi connectivity index (χ4v) is 1.99. The van der Waals surface area contributed by atoms with Crippen LogP contribution in [0.25, 0.3) is 0 Å². The van der Waals surface area contributed by atoms with Gasteiger partial charge in [0.2, 0.25) is 5.91 Å². The number of carbonyl (C=O) groups excluding carboxylic acids is 1. The van der Waals surface area contributed by atoms with Crippen LogP contribution in [0.15, 0.2) is 22.7 Å². The Morgan fingerprint density at radius 3 is 2.70 bits per heavy atom. The van der Waals surface area contributed by atoms with Gasteiger partial charge in [-0.25, -0.2) is 0 Å². The maximum absolute atomic E-state index is 11.8. The van der Waals surface area contributed by atoms with E-state index in [9.17, 15) is 9.59 Å². The second kappa shape index (κ2) is 8.01. The predicted molar refractivity (Wildman–Crippen MR) is 81.9 cm³/mol. The summed E-state index contributed by atoms with van der Waals surface area (Å²) in [4.78, 5) is 24.0. The minimum Gasteiger partial charge on any atom is -0.481 e. The highest BCUT2D eigenvalue weighted by Gasteiger charge is 2.08. The number of hydrogen-bond donors (Lipinski definition) is 2. The number of halogens is 1. The van der Waals surface area contributed by atoms with Crippen LogP contribution in [0.2, 0.25) is 0 Å². The van der Waals surface area contributed by atoms with Gasteiger partial charge in [0.25, 0.3) is 0 Å². The average molecular weight is 343 g/mol. The number of carbonyl (C=O) groups is 2. The molecule has 0 spiro atoms. The minimum absolute atomic E-state index is 0.107. The summed E-state index contributed by atoms with van der Waals surface area (Å²) in [6.07, 6.45) is 0.661. The fourth-order valence-electron chi connectivity index (χ4n) is 1.75. The zero-order chi connectivity index (χ0) is 15.1. The summed E-state index contributed by atoms with van der Waals surface area (Å²) in [5, 5.41) is 11.4. The number of rotatable bonds is 7. The van der Waals surface area contributed by atoms with Crippen molar-refractivity contribution in [3.8, 4) is 0 Å². The van der Waals surface area contributed by atoms with E-state index in [4.69, 9.17) is 5.11 Å². The Kier molecular flexibility index (Phi) is 6.67. The van der Waals surface area contributed by atoms with Gasteiger partial charge in [0, 0.05) is 16.6 Å². The van der Waals surface area contributed by atoms with Crippen molar-refractivity contribution in [2.24, 2.45) is 0 Å². The van der Waals surface area contributed by atoms with Crippen molar-refractivity contribution in [1.82, 2.24) is 4.90 Å². The van der Waals surface area contributed by atoms with Crippen molar-refractivity contribution in [2.75, 3.05) is 25.5 Å². The van der Waals surface area contributed by atoms with E-state index in [1.54, 1.807) is 7.05 Å². The highest BCUT2D eigenvalue weighted by atomic mass is 79.9. The summed E-state index contributed by atoms with van der Waals surface area (Å²) in [7, 11) is 1.80. The Bertz CT molecular complexity index is 491. The van der Waals surface area contributed by atoms with Gasteiger partial charge in [0.05, 0.1) is 6.54 Å². The molecule has 0 radical (unpaired) electrons. The lowest BCUT2D eigenvalue weighted by atomic mass is 10.2. The number of nitrogens with one attached hydrogen (secondary N) is 1. The highest BCUT2D eigenvalue weighted by molar-refractivity contribution is 9.10. The number of amides is 1. The van der Waals surface area contributed by atoms with E-state index in [0.29, 0.717) is 13.0 Å².